The highest BCUT2D eigenvalue weighted by Gasteiger charge is 2.23. The van der Waals surface area contributed by atoms with Gasteiger partial charge in [0.1, 0.15) is 11.5 Å². The van der Waals surface area contributed by atoms with Crippen molar-refractivity contribution in [3.05, 3.63) is 51.2 Å². The summed E-state index contributed by atoms with van der Waals surface area (Å²) in [5, 5.41) is 9.62. The van der Waals surface area contributed by atoms with Crippen LogP contribution in [0.15, 0.2) is 28.0 Å². The Morgan fingerprint density at radius 2 is 2.19 bits per heavy atom. The largest absolute Gasteiger partial charge is 0.508 e. The highest BCUT2D eigenvalue weighted by Crippen LogP contribution is 2.26. The van der Waals surface area contributed by atoms with Gasteiger partial charge in [-0.15, -0.1) is 0 Å². The molecule has 0 saturated carbocycles. The van der Waals surface area contributed by atoms with Gasteiger partial charge in [-0.3, -0.25) is 14.7 Å². The number of aromatic hydroxyl groups is 1. The summed E-state index contributed by atoms with van der Waals surface area (Å²) in [5.74, 6) is 1.48. The summed E-state index contributed by atoms with van der Waals surface area (Å²) in [7, 11) is 1.59. The van der Waals surface area contributed by atoms with Crippen molar-refractivity contribution < 1.29 is 9.84 Å². The molecule has 0 atom stereocenters. The zero-order chi connectivity index (χ0) is 18.8. The van der Waals surface area contributed by atoms with E-state index >= 15 is 0 Å². The SMILES string of the molecule is COc1cc(O)ccc1CN1CCc2nc(C3=NCCCC3)[nH]c(=O)c2C1. The van der Waals surface area contributed by atoms with Crippen molar-refractivity contribution in [1.82, 2.24) is 14.9 Å². The number of aromatic amines is 1. The number of fused-ring (bicyclic) bond motifs is 1. The molecule has 2 aliphatic rings. The van der Waals surface area contributed by atoms with Crippen LogP contribution in [0.1, 0.15) is 41.9 Å². The standard InChI is InChI=1S/C20H24N4O3/c1-27-18-10-14(25)6-5-13(18)11-24-9-7-16-15(12-24)20(26)23-19(22-16)17-4-2-3-8-21-17/h5-6,10,25H,2-4,7-9,11-12H2,1H3,(H,22,23,26). The maximum absolute atomic E-state index is 12.7. The maximum Gasteiger partial charge on any atom is 0.255 e. The van der Waals surface area contributed by atoms with Crippen LogP contribution in [0.2, 0.25) is 0 Å². The Kier molecular flexibility index (Phi) is 4.94. The van der Waals surface area contributed by atoms with E-state index in [1.54, 1.807) is 19.2 Å². The van der Waals surface area contributed by atoms with Gasteiger partial charge in [0.05, 0.1) is 24.1 Å². The number of nitrogens with one attached hydrogen (secondary N) is 1. The van der Waals surface area contributed by atoms with Gasteiger partial charge in [0, 0.05) is 44.2 Å². The van der Waals surface area contributed by atoms with Gasteiger partial charge < -0.3 is 14.8 Å². The fraction of sp³-hybridized carbons (Fsp3) is 0.450. The normalized spacial score (nSPS) is 17.3. The number of aliphatic imine (C=N–C) groups is 1. The summed E-state index contributed by atoms with van der Waals surface area (Å²) >= 11 is 0. The molecule has 7 heteroatoms. The summed E-state index contributed by atoms with van der Waals surface area (Å²) in [5.41, 5.74) is 3.47. The molecule has 0 unspecified atom stereocenters. The van der Waals surface area contributed by atoms with E-state index in [1.165, 1.54) is 0 Å². The van der Waals surface area contributed by atoms with Gasteiger partial charge in [-0.2, -0.15) is 0 Å². The van der Waals surface area contributed by atoms with E-state index in [9.17, 15) is 9.90 Å². The molecule has 0 saturated heterocycles. The van der Waals surface area contributed by atoms with E-state index in [0.717, 1.165) is 61.3 Å². The van der Waals surface area contributed by atoms with Crippen molar-refractivity contribution in [2.45, 2.75) is 38.8 Å². The first-order valence-corrected chi connectivity index (χ1v) is 9.38. The average Bonchev–Trinajstić information content (AvgIpc) is 2.70. The van der Waals surface area contributed by atoms with E-state index in [1.807, 2.05) is 6.07 Å². The third-order valence-electron chi connectivity index (χ3n) is 5.21. The highest BCUT2D eigenvalue weighted by molar-refractivity contribution is 5.97. The van der Waals surface area contributed by atoms with E-state index in [0.29, 0.717) is 24.7 Å². The molecule has 0 radical (unpaired) electrons. The van der Waals surface area contributed by atoms with Crippen molar-refractivity contribution in [2.75, 3.05) is 20.2 Å². The predicted molar refractivity (Wildman–Crippen MR) is 103 cm³/mol. The summed E-state index contributed by atoms with van der Waals surface area (Å²) in [4.78, 5) is 27.0. The van der Waals surface area contributed by atoms with E-state index in [4.69, 9.17) is 9.72 Å². The molecule has 2 N–H and O–H groups in total. The van der Waals surface area contributed by atoms with Crippen LogP contribution in [-0.4, -0.2) is 45.9 Å². The first-order chi connectivity index (χ1) is 13.1. The quantitative estimate of drug-likeness (QED) is 0.862. The van der Waals surface area contributed by atoms with Crippen LogP contribution in [0.25, 0.3) is 0 Å². The lowest BCUT2D eigenvalue weighted by molar-refractivity contribution is 0.238. The second-order valence-electron chi connectivity index (χ2n) is 7.08. The number of rotatable bonds is 4. The van der Waals surface area contributed by atoms with Gasteiger partial charge >= 0.3 is 0 Å². The van der Waals surface area contributed by atoms with Crippen LogP contribution in [0.4, 0.5) is 0 Å². The summed E-state index contributed by atoms with van der Waals surface area (Å²) < 4.78 is 5.36. The molecule has 0 aliphatic carbocycles. The van der Waals surface area contributed by atoms with Crippen molar-refractivity contribution in [1.29, 1.82) is 0 Å². The van der Waals surface area contributed by atoms with Gasteiger partial charge in [-0.05, 0) is 25.3 Å². The molecule has 0 amide bonds. The summed E-state index contributed by atoms with van der Waals surface area (Å²) in [6.45, 7) is 2.84. The number of methoxy groups -OCH3 is 1. The second-order valence-corrected chi connectivity index (χ2v) is 7.08. The number of ether oxygens (including phenoxy) is 1. The Morgan fingerprint density at radius 1 is 1.30 bits per heavy atom. The van der Waals surface area contributed by atoms with Crippen molar-refractivity contribution in [3.8, 4) is 11.5 Å². The van der Waals surface area contributed by atoms with Gasteiger partial charge in [-0.25, -0.2) is 4.98 Å². The van der Waals surface area contributed by atoms with E-state index in [2.05, 4.69) is 14.9 Å². The van der Waals surface area contributed by atoms with Crippen molar-refractivity contribution >= 4 is 5.71 Å². The first kappa shape index (κ1) is 17.7. The molecule has 142 valence electrons. The number of nitrogens with zero attached hydrogens (tertiary/aromatic N) is 3. The minimum atomic E-state index is -0.0642. The van der Waals surface area contributed by atoms with E-state index in [-0.39, 0.29) is 11.3 Å². The predicted octanol–water partition coefficient (Wildman–Crippen LogP) is 2.02. The van der Waals surface area contributed by atoms with E-state index < -0.39 is 0 Å². The molecule has 2 aliphatic heterocycles. The molecule has 0 spiro atoms. The smallest absolute Gasteiger partial charge is 0.255 e. The van der Waals surface area contributed by atoms with Crippen LogP contribution in [-0.2, 0) is 19.5 Å². The third-order valence-corrected chi connectivity index (χ3v) is 5.21. The molecular formula is C20H24N4O3. The zero-order valence-corrected chi connectivity index (χ0v) is 15.5. The van der Waals surface area contributed by atoms with Crippen LogP contribution < -0.4 is 10.3 Å². The number of hydrogen-bond acceptors (Lipinski definition) is 6. The van der Waals surface area contributed by atoms with Crippen molar-refractivity contribution in [3.63, 3.8) is 0 Å². The molecular weight excluding hydrogens is 344 g/mol. The topological polar surface area (TPSA) is 90.8 Å². The summed E-state index contributed by atoms with van der Waals surface area (Å²) in [6.07, 6.45) is 3.82. The van der Waals surface area contributed by atoms with Gasteiger partial charge in [-0.1, -0.05) is 6.07 Å². The molecule has 7 nitrogen and oxygen atoms in total. The molecule has 0 bridgehead atoms. The Hall–Kier alpha value is -2.67. The summed E-state index contributed by atoms with van der Waals surface area (Å²) in [6, 6.07) is 5.12. The Balaban J connectivity index is 1.55. The second kappa shape index (κ2) is 7.52. The molecule has 1 aromatic carbocycles. The monoisotopic (exact) mass is 368 g/mol. The number of phenolic OH excluding ortho intramolecular Hbond substituents is 1. The fourth-order valence-corrected chi connectivity index (χ4v) is 3.75. The van der Waals surface area contributed by atoms with Gasteiger partial charge in [0.25, 0.3) is 5.56 Å². The maximum atomic E-state index is 12.7. The molecule has 27 heavy (non-hydrogen) atoms. The highest BCUT2D eigenvalue weighted by atomic mass is 16.5. The number of aromatic nitrogens is 2. The lowest BCUT2D eigenvalue weighted by atomic mass is 10.0. The van der Waals surface area contributed by atoms with Crippen LogP contribution in [0, 0.1) is 0 Å². The lowest BCUT2D eigenvalue weighted by Crippen LogP contribution is -2.36. The zero-order valence-electron chi connectivity index (χ0n) is 15.5. The molecule has 2 aromatic rings. The third kappa shape index (κ3) is 3.73. The van der Waals surface area contributed by atoms with Crippen LogP contribution >= 0.6 is 0 Å². The molecule has 3 heterocycles. The van der Waals surface area contributed by atoms with Crippen LogP contribution in [0.3, 0.4) is 0 Å². The first-order valence-electron chi connectivity index (χ1n) is 9.38. The lowest BCUT2D eigenvalue weighted by Gasteiger charge is -2.28. The van der Waals surface area contributed by atoms with Crippen LogP contribution in [0.5, 0.6) is 11.5 Å². The molecule has 4 rings (SSSR count). The molecule has 0 fully saturated rings. The average molecular weight is 368 g/mol. The Labute approximate surface area is 157 Å². The number of hydrogen-bond donors (Lipinski definition) is 2. The minimum Gasteiger partial charge on any atom is -0.508 e. The number of benzene rings is 1. The molecule has 1 aromatic heterocycles. The Bertz CT molecular complexity index is 935. The number of phenols is 1. The Morgan fingerprint density at radius 3 is 2.96 bits per heavy atom. The number of H-pyrrole nitrogens is 1. The van der Waals surface area contributed by atoms with Gasteiger partial charge in [0.2, 0.25) is 0 Å². The fourth-order valence-electron chi connectivity index (χ4n) is 3.75. The van der Waals surface area contributed by atoms with Gasteiger partial charge in [0.15, 0.2) is 5.82 Å². The minimum absolute atomic E-state index is 0.0642. The van der Waals surface area contributed by atoms with Crippen molar-refractivity contribution in [2.24, 2.45) is 4.99 Å².